The highest BCUT2D eigenvalue weighted by Gasteiger charge is 2.19. The number of hydrogen-bond donors (Lipinski definition) is 0. The molecular weight excluding hydrogens is 439 g/mol. The van der Waals surface area contributed by atoms with Crippen LogP contribution in [0.2, 0.25) is 0 Å². The molecule has 0 atom stereocenters. The fourth-order valence-electron chi connectivity index (χ4n) is 2.85. The van der Waals surface area contributed by atoms with Crippen LogP contribution in [-0.4, -0.2) is 30.9 Å². The number of aromatic nitrogens is 2. The Bertz CT molecular complexity index is 962. The maximum atomic E-state index is 14.2. The monoisotopic (exact) mass is 456 g/mol. The van der Waals surface area contributed by atoms with Crippen LogP contribution in [0.3, 0.4) is 0 Å². The van der Waals surface area contributed by atoms with Crippen LogP contribution in [0.1, 0.15) is 0 Å². The van der Waals surface area contributed by atoms with Crippen molar-refractivity contribution in [3.8, 4) is 39.8 Å². The Hall–Kier alpha value is -2.25. The first kappa shape index (κ1) is 21.1. The van der Waals surface area contributed by atoms with Gasteiger partial charge in [0, 0.05) is 18.2 Å². The number of ether oxygens (including phenoxy) is 3. The summed E-state index contributed by atoms with van der Waals surface area (Å²) in [5, 5.41) is 0. The molecule has 0 saturated carbocycles. The van der Waals surface area contributed by atoms with Gasteiger partial charge in [0.2, 0.25) is 0 Å². The summed E-state index contributed by atoms with van der Waals surface area (Å²) >= 11 is 3.51. The molecular formula is C19H19BrClFN2O3. The van der Waals surface area contributed by atoms with Crippen LogP contribution in [0.25, 0.3) is 22.5 Å². The van der Waals surface area contributed by atoms with Gasteiger partial charge in [-0.3, -0.25) is 0 Å². The Morgan fingerprint density at radius 3 is 2.26 bits per heavy atom. The zero-order chi connectivity index (χ0) is 18.8. The Morgan fingerprint density at radius 1 is 0.963 bits per heavy atom. The molecule has 3 aromatic rings. The third kappa shape index (κ3) is 3.89. The molecule has 0 spiro atoms. The highest BCUT2D eigenvalue weighted by atomic mass is 79.9. The maximum absolute atomic E-state index is 14.2. The molecule has 2 aromatic carbocycles. The summed E-state index contributed by atoms with van der Waals surface area (Å²) in [6.45, 7) is 0. The molecule has 0 saturated heterocycles. The van der Waals surface area contributed by atoms with Gasteiger partial charge in [-0.05, 0) is 46.3 Å². The Labute approximate surface area is 171 Å². The van der Waals surface area contributed by atoms with Gasteiger partial charge in [0.1, 0.15) is 0 Å². The first-order valence-corrected chi connectivity index (χ1v) is 8.56. The van der Waals surface area contributed by atoms with Crippen molar-refractivity contribution >= 4 is 28.3 Å². The molecule has 27 heavy (non-hydrogen) atoms. The largest absolute Gasteiger partial charge is 0.494 e. The summed E-state index contributed by atoms with van der Waals surface area (Å²) in [5.74, 6) is 0.954. The van der Waals surface area contributed by atoms with Crippen LogP contribution in [0, 0.1) is 5.82 Å². The number of methoxy groups -OCH3 is 3. The molecule has 0 amide bonds. The van der Waals surface area contributed by atoms with Crippen LogP contribution in [0.15, 0.2) is 41.1 Å². The minimum atomic E-state index is -0.435. The zero-order valence-corrected chi connectivity index (χ0v) is 17.6. The molecule has 5 nitrogen and oxygen atoms in total. The van der Waals surface area contributed by atoms with Gasteiger partial charge >= 0.3 is 0 Å². The van der Waals surface area contributed by atoms with E-state index in [2.05, 4.69) is 20.9 Å². The summed E-state index contributed by atoms with van der Waals surface area (Å²) in [7, 11) is 6.48. The third-order valence-electron chi connectivity index (χ3n) is 4.07. The minimum absolute atomic E-state index is 0. The lowest BCUT2D eigenvalue weighted by Crippen LogP contribution is -1.96. The summed E-state index contributed by atoms with van der Waals surface area (Å²) in [5.41, 5.74) is 3.01. The summed E-state index contributed by atoms with van der Waals surface area (Å²) in [4.78, 5) is 4.45. The van der Waals surface area contributed by atoms with E-state index in [1.54, 1.807) is 32.7 Å². The molecule has 1 aromatic heterocycles. The number of nitrogens with zero attached hydrogens (tertiary/aromatic N) is 2. The lowest BCUT2D eigenvalue weighted by Gasteiger charge is -2.13. The van der Waals surface area contributed by atoms with E-state index in [9.17, 15) is 4.39 Å². The number of rotatable bonds is 5. The standard InChI is InChI=1S/C19H18BrFN2O3.ClH/c1-23-10-22-17(11-5-6-15(24-2)14(21)8-11)18(23)12-7-13(20)19(26-4)16(9-12)25-3;/h5-10H,1-4H3;1H. The van der Waals surface area contributed by atoms with Gasteiger partial charge in [-0.25, -0.2) is 9.37 Å². The van der Waals surface area contributed by atoms with Crippen molar-refractivity contribution < 1.29 is 18.6 Å². The highest BCUT2D eigenvalue weighted by Crippen LogP contribution is 2.41. The van der Waals surface area contributed by atoms with E-state index in [1.807, 2.05) is 23.7 Å². The van der Waals surface area contributed by atoms with Crippen molar-refractivity contribution in [2.24, 2.45) is 7.05 Å². The van der Waals surface area contributed by atoms with E-state index in [4.69, 9.17) is 14.2 Å². The topological polar surface area (TPSA) is 45.5 Å². The minimum Gasteiger partial charge on any atom is -0.494 e. The van der Waals surface area contributed by atoms with Crippen LogP contribution in [-0.2, 0) is 7.05 Å². The van der Waals surface area contributed by atoms with Crippen LogP contribution < -0.4 is 14.2 Å². The zero-order valence-electron chi connectivity index (χ0n) is 15.2. The maximum Gasteiger partial charge on any atom is 0.174 e. The van der Waals surface area contributed by atoms with Crippen LogP contribution in [0.4, 0.5) is 4.39 Å². The van der Waals surface area contributed by atoms with E-state index < -0.39 is 5.82 Å². The van der Waals surface area contributed by atoms with E-state index in [-0.39, 0.29) is 18.2 Å². The van der Waals surface area contributed by atoms with Crippen molar-refractivity contribution in [3.63, 3.8) is 0 Å². The Morgan fingerprint density at radius 2 is 1.67 bits per heavy atom. The lowest BCUT2D eigenvalue weighted by atomic mass is 10.0. The average molecular weight is 458 g/mol. The van der Waals surface area contributed by atoms with Crippen molar-refractivity contribution in [2.45, 2.75) is 0 Å². The van der Waals surface area contributed by atoms with E-state index in [0.29, 0.717) is 22.8 Å². The van der Waals surface area contributed by atoms with Crippen molar-refractivity contribution in [3.05, 3.63) is 46.9 Å². The van der Waals surface area contributed by atoms with E-state index in [0.717, 1.165) is 15.7 Å². The molecule has 144 valence electrons. The second kappa shape index (κ2) is 8.63. The molecule has 3 rings (SSSR count). The molecule has 1 heterocycles. The second-order valence-electron chi connectivity index (χ2n) is 5.60. The van der Waals surface area contributed by atoms with Crippen molar-refractivity contribution in [1.82, 2.24) is 9.55 Å². The van der Waals surface area contributed by atoms with Gasteiger partial charge in [0.25, 0.3) is 0 Å². The summed E-state index contributed by atoms with van der Waals surface area (Å²) < 4.78 is 32.6. The third-order valence-corrected chi connectivity index (χ3v) is 4.66. The van der Waals surface area contributed by atoms with Gasteiger partial charge in [0.15, 0.2) is 23.1 Å². The molecule has 8 heteroatoms. The van der Waals surface area contributed by atoms with E-state index in [1.165, 1.54) is 13.2 Å². The Balaban J connectivity index is 0.00000261. The first-order chi connectivity index (χ1) is 12.5. The van der Waals surface area contributed by atoms with Gasteiger partial charge in [0.05, 0.1) is 43.5 Å². The number of halogens is 3. The smallest absolute Gasteiger partial charge is 0.174 e. The predicted molar refractivity (Wildman–Crippen MR) is 109 cm³/mol. The summed E-state index contributed by atoms with van der Waals surface area (Å²) in [6, 6.07) is 8.57. The molecule has 0 fully saturated rings. The van der Waals surface area contributed by atoms with E-state index >= 15 is 0 Å². The normalized spacial score (nSPS) is 10.3. The van der Waals surface area contributed by atoms with Crippen LogP contribution in [0.5, 0.6) is 17.2 Å². The molecule has 0 aliphatic carbocycles. The Kier molecular flexibility index (Phi) is 6.73. The highest BCUT2D eigenvalue weighted by molar-refractivity contribution is 9.10. The average Bonchev–Trinajstić information content (AvgIpc) is 3.02. The number of aryl methyl sites for hydroxylation is 1. The molecule has 0 unspecified atom stereocenters. The fourth-order valence-corrected chi connectivity index (χ4v) is 3.45. The molecule has 0 radical (unpaired) electrons. The SMILES string of the molecule is COc1ccc(-c2ncn(C)c2-c2cc(Br)c(OC)c(OC)c2)cc1F.Cl. The fraction of sp³-hybridized carbons (Fsp3) is 0.211. The van der Waals surface area contributed by atoms with Crippen molar-refractivity contribution in [1.29, 1.82) is 0 Å². The predicted octanol–water partition coefficient (Wildman–Crippen LogP) is 5.10. The number of benzene rings is 2. The van der Waals surface area contributed by atoms with Crippen molar-refractivity contribution in [2.75, 3.05) is 21.3 Å². The number of hydrogen-bond acceptors (Lipinski definition) is 4. The number of imidazole rings is 1. The van der Waals surface area contributed by atoms with Gasteiger partial charge in [-0.15, -0.1) is 12.4 Å². The molecule has 0 bridgehead atoms. The van der Waals surface area contributed by atoms with Crippen LogP contribution >= 0.6 is 28.3 Å². The van der Waals surface area contributed by atoms with Gasteiger partial charge < -0.3 is 18.8 Å². The first-order valence-electron chi connectivity index (χ1n) is 7.77. The van der Waals surface area contributed by atoms with Gasteiger partial charge in [-0.1, -0.05) is 0 Å². The quantitative estimate of drug-likeness (QED) is 0.534. The molecule has 0 aliphatic heterocycles. The lowest BCUT2D eigenvalue weighted by molar-refractivity contribution is 0.353. The molecule has 0 aliphatic rings. The van der Waals surface area contributed by atoms with Gasteiger partial charge in [-0.2, -0.15) is 0 Å². The summed E-state index contributed by atoms with van der Waals surface area (Å²) in [6.07, 6.45) is 1.69. The second-order valence-corrected chi connectivity index (χ2v) is 6.45. The molecule has 0 N–H and O–H groups in total.